The summed E-state index contributed by atoms with van der Waals surface area (Å²) in [6, 6.07) is 16.4. The van der Waals surface area contributed by atoms with Crippen LogP contribution in [0.4, 0.5) is 20.2 Å². The quantitative estimate of drug-likeness (QED) is 0.543. The summed E-state index contributed by atoms with van der Waals surface area (Å²) in [5, 5.41) is 2.80. The SMILES string of the molecule is O=C(Nc1ccc(N2CCN(C(=O)c3ccccc3F)CC2)c(C(=O)N2CCCC2)c1)c1ccc(F)cc1. The number of benzene rings is 3. The second-order valence-electron chi connectivity index (χ2n) is 9.45. The fraction of sp³-hybridized carbons (Fsp3) is 0.276. The lowest BCUT2D eigenvalue weighted by atomic mass is 10.1. The average Bonchev–Trinajstić information content (AvgIpc) is 3.48. The number of halogens is 2. The lowest BCUT2D eigenvalue weighted by molar-refractivity contribution is 0.0738. The van der Waals surface area contributed by atoms with Crippen LogP contribution < -0.4 is 10.2 Å². The molecule has 2 saturated heterocycles. The molecule has 3 amide bonds. The minimum atomic E-state index is -0.545. The lowest BCUT2D eigenvalue weighted by Gasteiger charge is -2.37. The molecule has 9 heteroatoms. The van der Waals surface area contributed by atoms with Gasteiger partial charge in [-0.15, -0.1) is 0 Å². The van der Waals surface area contributed by atoms with E-state index in [1.54, 1.807) is 35.2 Å². The zero-order valence-electron chi connectivity index (χ0n) is 20.8. The van der Waals surface area contributed by atoms with Crippen molar-refractivity contribution in [3.63, 3.8) is 0 Å². The molecule has 3 aromatic carbocycles. The van der Waals surface area contributed by atoms with Crippen LogP contribution in [0.15, 0.2) is 66.7 Å². The molecule has 7 nitrogen and oxygen atoms in total. The Labute approximate surface area is 219 Å². The first-order valence-electron chi connectivity index (χ1n) is 12.7. The predicted molar refractivity (Wildman–Crippen MR) is 140 cm³/mol. The highest BCUT2D eigenvalue weighted by Crippen LogP contribution is 2.29. The molecule has 0 bridgehead atoms. The number of carbonyl (C=O) groups is 3. The maximum Gasteiger partial charge on any atom is 0.256 e. The monoisotopic (exact) mass is 518 g/mol. The Morgan fingerprint density at radius 1 is 0.684 bits per heavy atom. The summed E-state index contributed by atoms with van der Waals surface area (Å²) in [5.74, 6) is -1.84. The molecule has 0 unspecified atom stereocenters. The van der Waals surface area contributed by atoms with Gasteiger partial charge in [-0.2, -0.15) is 0 Å². The van der Waals surface area contributed by atoms with Gasteiger partial charge in [0.05, 0.1) is 11.1 Å². The van der Waals surface area contributed by atoms with E-state index in [2.05, 4.69) is 5.32 Å². The smallest absolute Gasteiger partial charge is 0.256 e. The van der Waals surface area contributed by atoms with Crippen molar-refractivity contribution in [1.82, 2.24) is 9.80 Å². The zero-order valence-corrected chi connectivity index (χ0v) is 20.8. The number of carbonyl (C=O) groups excluding carboxylic acids is 3. The molecule has 0 spiro atoms. The second-order valence-corrected chi connectivity index (χ2v) is 9.45. The number of hydrogen-bond acceptors (Lipinski definition) is 4. The van der Waals surface area contributed by atoms with Gasteiger partial charge >= 0.3 is 0 Å². The Morgan fingerprint density at radius 2 is 1.32 bits per heavy atom. The number of nitrogens with one attached hydrogen (secondary N) is 1. The number of likely N-dealkylation sites (tertiary alicyclic amines) is 1. The van der Waals surface area contributed by atoms with Crippen LogP contribution in [0.3, 0.4) is 0 Å². The van der Waals surface area contributed by atoms with Crippen molar-refractivity contribution in [1.29, 1.82) is 0 Å². The molecule has 2 aliphatic rings. The largest absolute Gasteiger partial charge is 0.367 e. The third-order valence-corrected chi connectivity index (χ3v) is 7.00. The van der Waals surface area contributed by atoms with Gasteiger partial charge in [0.25, 0.3) is 17.7 Å². The van der Waals surface area contributed by atoms with Crippen LogP contribution in [0.1, 0.15) is 43.9 Å². The third-order valence-electron chi connectivity index (χ3n) is 7.00. The first-order chi connectivity index (χ1) is 18.4. The van der Waals surface area contributed by atoms with Crippen LogP contribution in [0, 0.1) is 11.6 Å². The number of nitrogens with zero attached hydrogens (tertiary/aromatic N) is 3. The van der Waals surface area contributed by atoms with Crippen molar-refractivity contribution in [3.8, 4) is 0 Å². The van der Waals surface area contributed by atoms with Gasteiger partial charge in [-0.25, -0.2) is 8.78 Å². The molecular weight excluding hydrogens is 490 g/mol. The van der Waals surface area contributed by atoms with Crippen molar-refractivity contribution >= 4 is 29.1 Å². The fourth-order valence-corrected chi connectivity index (χ4v) is 4.91. The van der Waals surface area contributed by atoms with E-state index < -0.39 is 17.5 Å². The highest BCUT2D eigenvalue weighted by Gasteiger charge is 2.28. The van der Waals surface area contributed by atoms with Gasteiger partial charge in [0, 0.05) is 56.2 Å². The van der Waals surface area contributed by atoms with Gasteiger partial charge in [0.2, 0.25) is 0 Å². The van der Waals surface area contributed by atoms with Crippen LogP contribution in [0.5, 0.6) is 0 Å². The van der Waals surface area contributed by atoms with Crippen molar-refractivity contribution in [2.24, 2.45) is 0 Å². The first-order valence-corrected chi connectivity index (χ1v) is 12.7. The van der Waals surface area contributed by atoms with Gasteiger partial charge in [0.1, 0.15) is 11.6 Å². The summed E-state index contributed by atoms with van der Waals surface area (Å²) in [6.07, 6.45) is 1.89. The van der Waals surface area contributed by atoms with E-state index in [1.807, 2.05) is 9.80 Å². The van der Waals surface area contributed by atoms with Crippen LogP contribution in [-0.2, 0) is 0 Å². The molecule has 1 N–H and O–H groups in total. The van der Waals surface area contributed by atoms with Crippen molar-refractivity contribution < 1.29 is 23.2 Å². The van der Waals surface area contributed by atoms with Crippen LogP contribution in [0.25, 0.3) is 0 Å². The Kier molecular flexibility index (Phi) is 7.35. The average molecular weight is 519 g/mol. The fourth-order valence-electron chi connectivity index (χ4n) is 4.91. The molecule has 0 aliphatic carbocycles. The van der Waals surface area contributed by atoms with E-state index in [1.165, 1.54) is 36.4 Å². The summed E-state index contributed by atoms with van der Waals surface area (Å²) in [4.78, 5) is 44.5. The van der Waals surface area contributed by atoms with Gasteiger partial charge in [-0.3, -0.25) is 14.4 Å². The summed E-state index contributed by atoms with van der Waals surface area (Å²) in [7, 11) is 0. The molecule has 0 saturated carbocycles. The number of piperazine rings is 1. The molecule has 2 fully saturated rings. The van der Waals surface area contributed by atoms with Gasteiger partial charge < -0.3 is 20.0 Å². The summed E-state index contributed by atoms with van der Waals surface area (Å²) >= 11 is 0. The second kappa shape index (κ2) is 11.0. The molecule has 196 valence electrons. The molecule has 2 aliphatic heterocycles. The number of rotatable bonds is 5. The number of hydrogen-bond donors (Lipinski definition) is 1. The number of anilines is 2. The van der Waals surface area contributed by atoms with Gasteiger partial charge in [-0.1, -0.05) is 12.1 Å². The van der Waals surface area contributed by atoms with E-state index >= 15 is 0 Å². The first kappa shape index (κ1) is 25.4. The molecule has 2 heterocycles. The standard InChI is InChI=1S/C29H28F2N4O3/c30-21-9-7-20(8-10-21)27(36)32-22-11-12-26(24(19-22)29(38)34-13-3-4-14-34)33-15-17-35(18-16-33)28(37)23-5-1-2-6-25(23)31/h1-2,5-12,19H,3-4,13-18H2,(H,32,36). The summed E-state index contributed by atoms with van der Waals surface area (Å²) in [6.45, 7) is 3.06. The highest BCUT2D eigenvalue weighted by molar-refractivity contribution is 6.06. The summed E-state index contributed by atoms with van der Waals surface area (Å²) in [5.41, 5.74) is 2.00. The van der Waals surface area contributed by atoms with E-state index in [0.717, 1.165) is 18.5 Å². The normalized spacial score (nSPS) is 15.5. The van der Waals surface area contributed by atoms with Crippen molar-refractivity contribution in [2.45, 2.75) is 12.8 Å². The minimum Gasteiger partial charge on any atom is -0.367 e. The van der Waals surface area contributed by atoms with Crippen molar-refractivity contribution in [3.05, 3.63) is 95.1 Å². The van der Waals surface area contributed by atoms with Crippen LogP contribution in [0.2, 0.25) is 0 Å². The zero-order chi connectivity index (χ0) is 26.6. The molecule has 5 rings (SSSR count). The maximum atomic E-state index is 14.1. The van der Waals surface area contributed by atoms with E-state index in [-0.39, 0.29) is 17.4 Å². The minimum absolute atomic E-state index is 0.0482. The third kappa shape index (κ3) is 5.37. The van der Waals surface area contributed by atoms with Crippen LogP contribution in [-0.4, -0.2) is 66.8 Å². The Balaban J connectivity index is 1.35. The van der Waals surface area contributed by atoms with Gasteiger partial charge in [0.15, 0.2) is 0 Å². The topological polar surface area (TPSA) is 73.0 Å². The van der Waals surface area contributed by atoms with E-state index in [4.69, 9.17) is 0 Å². The summed E-state index contributed by atoms with van der Waals surface area (Å²) < 4.78 is 27.4. The molecule has 0 atom stereocenters. The Bertz CT molecular complexity index is 1350. The maximum absolute atomic E-state index is 14.1. The van der Waals surface area contributed by atoms with Gasteiger partial charge in [-0.05, 0) is 67.4 Å². The Morgan fingerprint density at radius 3 is 2.00 bits per heavy atom. The number of amides is 3. The van der Waals surface area contributed by atoms with E-state index in [9.17, 15) is 23.2 Å². The lowest BCUT2D eigenvalue weighted by Crippen LogP contribution is -2.49. The molecule has 38 heavy (non-hydrogen) atoms. The molecule has 3 aromatic rings. The Hall–Kier alpha value is -4.27. The predicted octanol–water partition coefficient (Wildman–Crippen LogP) is 4.42. The molecular formula is C29H28F2N4O3. The van der Waals surface area contributed by atoms with E-state index in [0.29, 0.717) is 56.1 Å². The molecule has 0 radical (unpaired) electrons. The molecule has 0 aromatic heterocycles. The van der Waals surface area contributed by atoms with Crippen LogP contribution >= 0.6 is 0 Å². The van der Waals surface area contributed by atoms with Crippen molar-refractivity contribution in [2.75, 3.05) is 49.5 Å². The highest BCUT2D eigenvalue weighted by atomic mass is 19.1.